The minimum Gasteiger partial charge on any atom is -0.490 e. The molecule has 0 bridgehead atoms. The van der Waals surface area contributed by atoms with E-state index in [1.807, 2.05) is 18.2 Å². The average Bonchev–Trinajstić information content (AvgIpc) is 2.71. The van der Waals surface area contributed by atoms with Crippen LogP contribution >= 0.6 is 11.6 Å². The zero-order valence-electron chi connectivity index (χ0n) is 16.5. The summed E-state index contributed by atoms with van der Waals surface area (Å²) >= 11 is 6.08. The van der Waals surface area contributed by atoms with Gasteiger partial charge in [-0.15, -0.1) is 0 Å². The Morgan fingerprint density at radius 1 is 1.31 bits per heavy atom. The molecule has 1 aliphatic rings. The summed E-state index contributed by atoms with van der Waals surface area (Å²) in [6, 6.07) is 14.4. The fourth-order valence-electron chi connectivity index (χ4n) is 3.35. The van der Waals surface area contributed by atoms with Crippen molar-refractivity contribution < 1.29 is 9.53 Å². The molecule has 0 heterocycles. The van der Waals surface area contributed by atoms with Crippen LogP contribution in [-0.4, -0.2) is 31.1 Å². The molecule has 6 nitrogen and oxygen atoms in total. The van der Waals surface area contributed by atoms with E-state index in [1.54, 1.807) is 30.3 Å². The molecule has 3 rings (SSSR count). The molecular weight excluding hydrogens is 388 g/mol. The summed E-state index contributed by atoms with van der Waals surface area (Å²) in [5, 5.41) is 15.6. The molecule has 1 amide bonds. The Morgan fingerprint density at radius 3 is 2.62 bits per heavy atom. The van der Waals surface area contributed by atoms with Crippen LogP contribution in [0.4, 0.5) is 5.69 Å². The molecule has 7 heteroatoms. The molecule has 2 atom stereocenters. The van der Waals surface area contributed by atoms with E-state index in [4.69, 9.17) is 27.3 Å². The number of ether oxygens (including phenoxy) is 1. The van der Waals surface area contributed by atoms with E-state index in [9.17, 15) is 4.79 Å². The number of benzene rings is 2. The number of nitrogens with one attached hydrogen (secondary N) is 2. The SMILES string of the molecule is CC1(C)[C@@H](NC(=O)c2ccc(NCCN)cc2)C[C@@H]1Oc1ccc(C#N)c(Cl)c1. The lowest BCUT2D eigenvalue weighted by Gasteiger charge is -2.51. The van der Waals surface area contributed by atoms with Crippen LogP contribution in [0.5, 0.6) is 5.75 Å². The second-order valence-corrected chi connectivity index (χ2v) is 8.14. The predicted octanol–water partition coefficient (Wildman–Crippen LogP) is 3.56. The summed E-state index contributed by atoms with van der Waals surface area (Å²) in [4.78, 5) is 12.6. The van der Waals surface area contributed by atoms with Crippen LogP contribution < -0.4 is 21.1 Å². The third kappa shape index (κ3) is 4.64. The lowest BCUT2D eigenvalue weighted by molar-refractivity contribution is -0.0515. The van der Waals surface area contributed by atoms with Gasteiger partial charge in [-0.3, -0.25) is 4.79 Å². The number of nitrogens with zero attached hydrogens (tertiary/aromatic N) is 1. The minimum atomic E-state index is -0.237. The lowest BCUT2D eigenvalue weighted by Crippen LogP contribution is -2.63. The van der Waals surface area contributed by atoms with Crippen LogP contribution in [0.15, 0.2) is 42.5 Å². The van der Waals surface area contributed by atoms with Gasteiger partial charge in [0, 0.05) is 48.3 Å². The maximum Gasteiger partial charge on any atom is 0.251 e. The van der Waals surface area contributed by atoms with Gasteiger partial charge in [-0.1, -0.05) is 25.4 Å². The van der Waals surface area contributed by atoms with E-state index in [1.165, 1.54) is 0 Å². The largest absolute Gasteiger partial charge is 0.490 e. The number of hydrogen-bond donors (Lipinski definition) is 3. The summed E-state index contributed by atoms with van der Waals surface area (Å²) in [6.45, 7) is 5.37. The van der Waals surface area contributed by atoms with Gasteiger partial charge in [0.1, 0.15) is 17.9 Å². The van der Waals surface area contributed by atoms with Crippen LogP contribution in [0.2, 0.25) is 5.02 Å². The number of nitriles is 1. The minimum absolute atomic E-state index is 0.00361. The quantitative estimate of drug-likeness (QED) is 0.645. The third-order valence-electron chi connectivity index (χ3n) is 5.44. The van der Waals surface area contributed by atoms with Gasteiger partial charge in [-0.2, -0.15) is 5.26 Å². The van der Waals surface area contributed by atoms with Gasteiger partial charge in [0.2, 0.25) is 0 Å². The molecule has 4 N–H and O–H groups in total. The van der Waals surface area contributed by atoms with Gasteiger partial charge >= 0.3 is 0 Å². The number of anilines is 1. The third-order valence-corrected chi connectivity index (χ3v) is 5.76. The van der Waals surface area contributed by atoms with Gasteiger partial charge in [0.25, 0.3) is 5.91 Å². The molecule has 0 aromatic heterocycles. The van der Waals surface area contributed by atoms with Crippen molar-refractivity contribution in [2.75, 3.05) is 18.4 Å². The number of halogens is 1. The van der Waals surface area contributed by atoms with Crippen molar-refractivity contribution >= 4 is 23.2 Å². The highest BCUT2D eigenvalue weighted by Gasteiger charge is 2.50. The number of hydrogen-bond acceptors (Lipinski definition) is 5. The van der Waals surface area contributed by atoms with Crippen molar-refractivity contribution in [3.63, 3.8) is 0 Å². The normalized spacial score (nSPS) is 19.6. The smallest absolute Gasteiger partial charge is 0.251 e. The Kier molecular flexibility index (Phi) is 6.31. The first-order chi connectivity index (χ1) is 13.8. The highest BCUT2D eigenvalue weighted by molar-refractivity contribution is 6.31. The van der Waals surface area contributed by atoms with E-state index < -0.39 is 0 Å². The molecule has 1 fully saturated rings. The molecule has 0 saturated heterocycles. The van der Waals surface area contributed by atoms with Gasteiger partial charge in [-0.05, 0) is 36.4 Å². The highest BCUT2D eigenvalue weighted by Crippen LogP contribution is 2.43. The zero-order valence-corrected chi connectivity index (χ0v) is 17.3. The van der Waals surface area contributed by atoms with Crippen LogP contribution in [0.25, 0.3) is 0 Å². The van der Waals surface area contributed by atoms with Gasteiger partial charge < -0.3 is 21.1 Å². The van der Waals surface area contributed by atoms with Crippen LogP contribution in [0.3, 0.4) is 0 Å². The Labute approximate surface area is 176 Å². The maximum absolute atomic E-state index is 12.6. The molecule has 0 spiro atoms. The predicted molar refractivity (Wildman–Crippen MR) is 114 cm³/mol. The second kappa shape index (κ2) is 8.73. The van der Waals surface area contributed by atoms with Gasteiger partial charge in [0.05, 0.1) is 10.6 Å². The summed E-state index contributed by atoms with van der Waals surface area (Å²) < 4.78 is 6.05. The fraction of sp³-hybridized carbons (Fsp3) is 0.364. The van der Waals surface area contributed by atoms with E-state index >= 15 is 0 Å². The van der Waals surface area contributed by atoms with Crippen molar-refractivity contribution in [1.29, 1.82) is 5.26 Å². The Balaban J connectivity index is 1.57. The summed E-state index contributed by atoms with van der Waals surface area (Å²) in [6.07, 6.45) is 0.645. The lowest BCUT2D eigenvalue weighted by atomic mass is 9.64. The highest BCUT2D eigenvalue weighted by atomic mass is 35.5. The Morgan fingerprint density at radius 2 is 2.03 bits per heavy atom. The molecule has 0 unspecified atom stereocenters. The molecule has 0 radical (unpaired) electrons. The molecule has 152 valence electrons. The van der Waals surface area contributed by atoms with Crippen molar-refractivity contribution in [1.82, 2.24) is 5.32 Å². The first kappa shape index (κ1) is 21.0. The second-order valence-electron chi connectivity index (χ2n) is 7.74. The monoisotopic (exact) mass is 412 g/mol. The van der Waals surface area contributed by atoms with Gasteiger partial charge in [-0.25, -0.2) is 0 Å². The van der Waals surface area contributed by atoms with Crippen molar-refractivity contribution in [2.45, 2.75) is 32.4 Å². The van der Waals surface area contributed by atoms with E-state index in [2.05, 4.69) is 24.5 Å². The molecule has 2 aromatic rings. The van der Waals surface area contributed by atoms with Crippen LogP contribution in [0, 0.1) is 16.7 Å². The number of rotatable bonds is 7. The van der Waals surface area contributed by atoms with E-state index in [-0.39, 0.29) is 23.5 Å². The number of carbonyl (C=O) groups is 1. The molecule has 1 aliphatic carbocycles. The topological polar surface area (TPSA) is 100 Å². The van der Waals surface area contributed by atoms with E-state index in [0.29, 0.717) is 41.4 Å². The average molecular weight is 413 g/mol. The number of carbonyl (C=O) groups excluding carboxylic acids is 1. The first-order valence-corrected chi connectivity index (χ1v) is 9.94. The van der Waals surface area contributed by atoms with E-state index in [0.717, 1.165) is 5.69 Å². The molecule has 0 aliphatic heterocycles. The summed E-state index contributed by atoms with van der Waals surface area (Å²) in [7, 11) is 0. The Bertz CT molecular complexity index is 921. The summed E-state index contributed by atoms with van der Waals surface area (Å²) in [5.41, 5.74) is 7.21. The van der Waals surface area contributed by atoms with Crippen LogP contribution in [-0.2, 0) is 0 Å². The van der Waals surface area contributed by atoms with Crippen molar-refractivity contribution in [2.24, 2.45) is 11.1 Å². The first-order valence-electron chi connectivity index (χ1n) is 9.56. The zero-order chi connectivity index (χ0) is 21.0. The molecule has 2 aromatic carbocycles. The molecule has 1 saturated carbocycles. The van der Waals surface area contributed by atoms with Crippen molar-refractivity contribution in [3.05, 3.63) is 58.6 Å². The fourth-order valence-corrected chi connectivity index (χ4v) is 3.56. The standard InChI is InChI=1S/C22H25ClN4O2/c1-22(2)19(12-20(22)29-17-8-5-15(13-25)18(23)11-17)27-21(28)14-3-6-16(7-4-14)26-10-9-24/h3-8,11,19-20,26H,9-10,12,24H2,1-2H3,(H,27,28)/t19-,20-/m0/s1. The molecule has 29 heavy (non-hydrogen) atoms. The summed E-state index contributed by atoms with van der Waals surface area (Å²) in [5.74, 6) is 0.519. The molecular formula is C22H25ClN4O2. The van der Waals surface area contributed by atoms with Crippen molar-refractivity contribution in [3.8, 4) is 11.8 Å². The number of amides is 1. The maximum atomic E-state index is 12.6. The van der Waals surface area contributed by atoms with Crippen LogP contribution in [0.1, 0.15) is 36.2 Å². The number of nitrogens with two attached hydrogens (primary N) is 1. The van der Waals surface area contributed by atoms with Gasteiger partial charge in [0.15, 0.2) is 0 Å². The Hall–Kier alpha value is -2.75.